The van der Waals surface area contributed by atoms with Gasteiger partial charge in [-0.1, -0.05) is 18.7 Å². The summed E-state index contributed by atoms with van der Waals surface area (Å²) in [4.78, 5) is 25.8. The fraction of sp³-hybridized carbons (Fsp3) is 0.722. The molecule has 16 heteroatoms. The number of imide groups is 1. The number of carbonyl (C=O) groups excluding carboxylic acids is 2. The number of ether oxygens (including phenoxy) is 13. The van der Waals surface area contributed by atoms with Crippen molar-refractivity contribution in [3.63, 3.8) is 0 Å². The minimum Gasteiger partial charge on any atom is -0.499 e. The van der Waals surface area contributed by atoms with Crippen LogP contribution in [0.1, 0.15) is 20.7 Å². The molecule has 0 fully saturated rings. The predicted octanol–water partition coefficient (Wildman–Crippen LogP) is 1.64. The summed E-state index contributed by atoms with van der Waals surface area (Å²) in [5.41, 5.74) is 0.880. The van der Waals surface area contributed by atoms with Crippen molar-refractivity contribution in [2.24, 2.45) is 0 Å². The molecular formula is C36H59NO15. The largest absolute Gasteiger partial charge is 0.499 e. The molecule has 0 saturated heterocycles. The lowest BCUT2D eigenvalue weighted by Crippen LogP contribution is -2.33. The maximum atomic E-state index is 12.3. The zero-order chi connectivity index (χ0) is 37.0. The van der Waals surface area contributed by atoms with Crippen LogP contribution in [-0.2, 0) is 61.6 Å². The van der Waals surface area contributed by atoms with Crippen LogP contribution in [0.5, 0.6) is 0 Å². The van der Waals surface area contributed by atoms with Gasteiger partial charge in [-0.25, -0.2) is 0 Å². The first-order valence-electron chi connectivity index (χ1n) is 17.9. The molecule has 0 N–H and O–H groups in total. The summed E-state index contributed by atoms with van der Waals surface area (Å²) in [6.45, 7) is 15.4. The van der Waals surface area contributed by atoms with E-state index in [1.54, 1.807) is 24.3 Å². The standard InChI is InChI=1S/C36H59NO15/c1-2-40-9-10-42-13-14-44-17-18-46-21-22-48-25-26-50-29-30-52-32-31-51-28-27-49-24-23-47-20-19-45-16-15-43-12-11-41-8-7-37-35(38)33-5-3-4-6-34(33)36(37)39/h2-6H,1,7-32H2. The van der Waals surface area contributed by atoms with Crippen LogP contribution in [0.3, 0.4) is 0 Å². The summed E-state index contributed by atoms with van der Waals surface area (Å²) >= 11 is 0. The van der Waals surface area contributed by atoms with Gasteiger partial charge in [0.05, 0.1) is 182 Å². The molecule has 2 rings (SSSR count). The number of hydrogen-bond acceptors (Lipinski definition) is 15. The third-order valence-corrected chi connectivity index (χ3v) is 6.89. The molecule has 0 aromatic heterocycles. The van der Waals surface area contributed by atoms with Crippen LogP contribution in [0.25, 0.3) is 0 Å². The lowest BCUT2D eigenvalue weighted by molar-refractivity contribution is -0.0287. The Morgan fingerprint density at radius 2 is 0.615 bits per heavy atom. The predicted molar refractivity (Wildman–Crippen MR) is 188 cm³/mol. The van der Waals surface area contributed by atoms with Crippen LogP contribution in [0.2, 0.25) is 0 Å². The van der Waals surface area contributed by atoms with Gasteiger partial charge in [0.15, 0.2) is 0 Å². The van der Waals surface area contributed by atoms with E-state index in [0.717, 1.165) is 0 Å². The zero-order valence-electron chi connectivity index (χ0n) is 30.5. The average molecular weight is 746 g/mol. The summed E-state index contributed by atoms with van der Waals surface area (Å²) in [5.74, 6) is -0.559. The van der Waals surface area contributed by atoms with E-state index in [4.69, 9.17) is 61.6 Å². The number of rotatable bonds is 40. The molecule has 0 saturated carbocycles. The fourth-order valence-corrected chi connectivity index (χ4v) is 4.31. The summed E-state index contributed by atoms with van der Waals surface area (Å²) in [6.07, 6.45) is 1.39. The maximum absolute atomic E-state index is 12.3. The van der Waals surface area contributed by atoms with Crippen molar-refractivity contribution in [2.75, 3.05) is 172 Å². The van der Waals surface area contributed by atoms with Gasteiger partial charge in [-0.15, -0.1) is 0 Å². The van der Waals surface area contributed by atoms with Crippen LogP contribution < -0.4 is 0 Å². The Morgan fingerprint density at radius 1 is 0.385 bits per heavy atom. The molecule has 1 aliphatic heterocycles. The second-order valence-electron chi connectivity index (χ2n) is 10.7. The van der Waals surface area contributed by atoms with E-state index in [-0.39, 0.29) is 25.0 Å². The van der Waals surface area contributed by atoms with E-state index in [1.807, 2.05) is 0 Å². The van der Waals surface area contributed by atoms with Gasteiger partial charge in [-0.3, -0.25) is 14.5 Å². The highest BCUT2D eigenvalue weighted by atomic mass is 16.6. The molecule has 52 heavy (non-hydrogen) atoms. The van der Waals surface area contributed by atoms with Crippen molar-refractivity contribution in [3.8, 4) is 0 Å². The molecule has 2 amide bonds. The molecule has 1 heterocycles. The summed E-state index contributed by atoms with van der Waals surface area (Å²) in [5, 5.41) is 0. The Balaban J connectivity index is 1.16. The third kappa shape index (κ3) is 23.9. The Bertz CT molecular complexity index is 983. The number of fused-ring (bicyclic) bond motifs is 1. The van der Waals surface area contributed by atoms with Crippen LogP contribution >= 0.6 is 0 Å². The molecule has 0 radical (unpaired) electrons. The minimum atomic E-state index is -0.280. The van der Waals surface area contributed by atoms with Gasteiger partial charge in [0, 0.05) is 0 Å². The highest BCUT2D eigenvalue weighted by Gasteiger charge is 2.34. The number of nitrogens with zero attached hydrogens (tertiary/aromatic N) is 1. The van der Waals surface area contributed by atoms with Crippen molar-refractivity contribution in [3.05, 3.63) is 48.2 Å². The van der Waals surface area contributed by atoms with Crippen LogP contribution in [0, 0.1) is 0 Å². The van der Waals surface area contributed by atoms with Crippen LogP contribution in [0.15, 0.2) is 37.1 Å². The van der Waals surface area contributed by atoms with Crippen molar-refractivity contribution >= 4 is 11.8 Å². The SMILES string of the molecule is C=COCCOCCOCCOCCOCCOCCOCCOCCOCCOCCOCCOCCOCCN1C(=O)c2ccccc2C1=O. The maximum Gasteiger partial charge on any atom is 0.261 e. The number of hydrogen-bond donors (Lipinski definition) is 0. The Morgan fingerprint density at radius 3 is 0.865 bits per heavy atom. The lowest BCUT2D eigenvalue weighted by Gasteiger charge is -2.13. The normalized spacial score (nSPS) is 12.6. The van der Waals surface area contributed by atoms with Crippen molar-refractivity contribution in [2.45, 2.75) is 0 Å². The van der Waals surface area contributed by atoms with Gasteiger partial charge in [0.1, 0.15) is 6.61 Å². The smallest absolute Gasteiger partial charge is 0.261 e. The minimum absolute atomic E-state index is 0.212. The highest BCUT2D eigenvalue weighted by molar-refractivity contribution is 6.21. The van der Waals surface area contributed by atoms with Gasteiger partial charge >= 0.3 is 0 Å². The highest BCUT2D eigenvalue weighted by Crippen LogP contribution is 2.21. The summed E-state index contributed by atoms with van der Waals surface area (Å²) in [7, 11) is 0. The summed E-state index contributed by atoms with van der Waals surface area (Å²) in [6, 6.07) is 6.81. The van der Waals surface area contributed by atoms with Crippen molar-refractivity contribution < 1.29 is 71.2 Å². The van der Waals surface area contributed by atoms with E-state index in [1.165, 1.54) is 11.2 Å². The van der Waals surface area contributed by atoms with E-state index < -0.39 is 0 Å². The molecular weight excluding hydrogens is 686 g/mol. The van der Waals surface area contributed by atoms with Crippen LogP contribution in [0.4, 0.5) is 0 Å². The molecule has 0 aliphatic carbocycles. The first-order valence-corrected chi connectivity index (χ1v) is 17.9. The van der Waals surface area contributed by atoms with E-state index in [9.17, 15) is 9.59 Å². The molecule has 0 bridgehead atoms. The van der Waals surface area contributed by atoms with Crippen molar-refractivity contribution in [1.29, 1.82) is 0 Å². The van der Waals surface area contributed by atoms with Crippen LogP contribution in [-0.4, -0.2) is 188 Å². The Labute approximate surface area is 307 Å². The van der Waals surface area contributed by atoms with E-state index in [2.05, 4.69) is 6.58 Å². The molecule has 1 aliphatic rings. The molecule has 1 aromatic carbocycles. The van der Waals surface area contributed by atoms with E-state index >= 15 is 0 Å². The molecule has 298 valence electrons. The number of benzene rings is 1. The van der Waals surface area contributed by atoms with Gasteiger partial charge < -0.3 is 61.6 Å². The zero-order valence-corrected chi connectivity index (χ0v) is 30.5. The molecule has 0 spiro atoms. The fourth-order valence-electron chi connectivity index (χ4n) is 4.31. The van der Waals surface area contributed by atoms with Gasteiger partial charge in [-0.2, -0.15) is 0 Å². The quantitative estimate of drug-likeness (QED) is 0.0542. The molecule has 16 nitrogen and oxygen atoms in total. The molecule has 1 aromatic rings. The van der Waals surface area contributed by atoms with Gasteiger partial charge in [-0.05, 0) is 12.1 Å². The molecule has 0 unspecified atom stereocenters. The average Bonchev–Trinajstić information content (AvgIpc) is 3.40. The number of amides is 2. The first kappa shape index (κ1) is 45.6. The first-order chi connectivity index (χ1) is 25.8. The third-order valence-electron chi connectivity index (χ3n) is 6.89. The second kappa shape index (κ2) is 34.2. The lowest BCUT2D eigenvalue weighted by atomic mass is 10.1. The van der Waals surface area contributed by atoms with Gasteiger partial charge in [0.25, 0.3) is 11.8 Å². The Hall–Kier alpha value is -2.58. The monoisotopic (exact) mass is 745 g/mol. The molecule has 0 atom stereocenters. The summed E-state index contributed by atoms with van der Waals surface area (Å²) < 4.78 is 70.4. The van der Waals surface area contributed by atoms with Gasteiger partial charge in [0.2, 0.25) is 0 Å². The topological polar surface area (TPSA) is 157 Å². The second-order valence-corrected chi connectivity index (χ2v) is 10.7. The number of carbonyl (C=O) groups is 2. The Kier molecular flexibility index (Phi) is 30.0. The van der Waals surface area contributed by atoms with Crippen molar-refractivity contribution in [1.82, 2.24) is 4.90 Å². The van der Waals surface area contributed by atoms with E-state index in [0.29, 0.717) is 170 Å².